The first kappa shape index (κ1) is 27.8. The van der Waals surface area contributed by atoms with Crippen molar-refractivity contribution in [2.75, 3.05) is 22.9 Å². The maximum Gasteiger partial charge on any atom is 0.0491 e. The van der Waals surface area contributed by atoms with Crippen LogP contribution in [-0.4, -0.2) is 23.1 Å². The van der Waals surface area contributed by atoms with Crippen molar-refractivity contribution < 1.29 is 0 Å². The van der Waals surface area contributed by atoms with Gasteiger partial charge in [-0.2, -0.15) is 0 Å². The van der Waals surface area contributed by atoms with Crippen molar-refractivity contribution in [3.05, 3.63) is 169 Å². The standard InChI is InChI=1S/C42H34N4/c1-3-13-35(14-4-1)45(29-25-33-11-7-9-27-43-33)39-23-19-31-18-22-38-40(24-20-32-17-21-37(39)41(31)42(32)38)46(36-15-5-2-6-16-36)30-26-34-12-8-10-28-44-34/h1-24,27-28H,25-26,29-30H2. The molecule has 0 atom stereocenters. The van der Waals surface area contributed by atoms with Gasteiger partial charge in [0.1, 0.15) is 0 Å². The zero-order valence-corrected chi connectivity index (χ0v) is 25.6. The summed E-state index contributed by atoms with van der Waals surface area (Å²) in [5.74, 6) is 0. The van der Waals surface area contributed by atoms with E-state index in [0.29, 0.717) is 0 Å². The maximum absolute atomic E-state index is 4.62. The molecule has 222 valence electrons. The Morgan fingerprint density at radius 3 is 1.22 bits per heavy atom. The normalized spacial score (nSPS) is 11.4. The smallest absolute Gasteiger partial charge is 0.0491 e. The van der Waals surface area contributed by atoms with Crippen molar-refractivity contribution in [1.82, 2.24) is 9.97 Å². The fraction of sp³-hybridized carbons (Fsp3) is 0.0952. The summed E-state index contributed by atoms with van der Waals surface area (Å²) in [5, 5.41) is 7.66. The lowest BCUT2D eigenvalue weighted by Crippen LogP contribution is -2.21. The van der Waals surface area contributed by atoms with Crippen LogP contribution in [-0.2, 0) is 12.8 Å². The summed E-state index contributed by atoms with van der Waals surface area (Å²) in [4.78, 5) is 14.1. The molecule has 0 amide bonds. The Labute approximate surface area is 269 Å². The van der Waals surface area contributed by atoms with Gasteiger partial charge in [-0.15, -0.1) is 0 Å². The molecule has 6 aromatic carbocycles. The lowest BCUT2D eigenvalue weighted by Gasteiger charge is -2.29. The Balaban J connectivity index is 1.28. The second-order valence-corrected chi connectivity index (χ2v) is 11.7. The zero-order chi connectivity index (χ0) is 30.7. The number of anilines is 4. The molecule has 2 aromatic heterocycles. The molecule has 4 heteroatoms. The van der Waals surface area contributed by atoms with Crippen LogP contribution in [0.3, 0.4) is 0 Å². The van der Waals surface area contributed by atoms with Crippen LogP contribution in [0.1, 0.15) is 11.4 Å². The van der Waals surface area contributed by atoms with E-state index in [0.717, 1.165) is 37.3 Å². The topological polar surface area (TPSA) is 32.3 Å². The quantitative estimate of drug-likeness (QED) is 0.148. The monoisotopic (exact) mass is 594 g/mol. The van der Waals surface area contributed by atoms with E-state index in [9.17, 15) is 0 Å². The molecular formula is C42H34N4. The van der Waals surface area contributed by atoms with E-state index in [4.69, 9.17) is 0 Å². The van der Waals surface area contributed by atoms with E-state index < -0.39 is 0 Å². The summed E-state index contributed by atoms with van der Waals surface area (Å²) in [6.45, 7) is 1.65. The van der Waals surface area contributed by atoms with Gasteiger partial charge in [-0.1, -0.05) is 84.9 Å². The molecule has 0 aliphatic carbocycles. The van der Waals surface area contributed by atoms with Crippen molar-refractivity contribution >= 4 is 55.1 Å². The average Bonchev–Trinajstić information content (AvgIpc) is 3.13. The first-order valence-electron chi connectivity index (χ1n) is 16.0. The molecule has 0 fully saturated rings. The van der Waals surface area contributed by atoms with Gasteiger partial charge >= 0.3 is 0 Å². The van der Waals surface area contributed by atoms with Gasteiger partial charge in [0, 0.05) is 83.2 Å². The van der Waals surface area contributed by atoms with Crippen LogP contribution in [0.25, 0.3) is 32.3 Å². The fourth-order valence-corrected chi connectivity index (χ4v) is 6.78. The summed E-state index contributed by atoms with van der Waals surface area (Å²) in [7, 11) is 0. The van der Waals surface area contributed by atoms with Crippen LogP contribution < -0.4 is 9.80 Å². The number of nitrogens with zero attached hydrogens (tertiary/aromatic N) is 4. The van der Waals surface area contributed by atoms with Crippen LogP contribution >= 0.6 is 0 Å². The number of benzene rings is 6. The Hall–Kier alpha value is -5.74. The van der Waals surface area contributed by atoms with E-state index in [1.807, 2.05) is 24.5 Å². The lowest BCUT2D eigenvalue weighted by molar-refractivity contribution is 0.885. The minimum absolute atomic E-state index is 0.825. The van der Waals surface area contributed by atoms with Gasteiger partial charge in [-0.05, 0) is 82.2 Å². The molecule has 46 heavy (non-hydrogen) atoms. The van der Waals surface area contributed by atoms with E-state index in [2.05, 4.69) is 153 Å². The van der Waals surface area contributed by atoms with Gasteiger partial charge < -0.3 is 9.80 Å². The van der Waals surface area contributed by atoms with Gasteiger partial charge in [-0.25, -0.2) is 0 Å². The average molecular weight is 595 g/mol. The van der Waals surface area contributed by atoms with Crippen LogP contribution in [0.5, 0.6) is 0 Å². The molecule has 0 N–H and O–H groups in total. The zero-order valence-electron chi connectivity index (χ0n) is 25.6. The summed E-state index contributed by atoms with van der Waals surface area (Å²) in [5.41, 5.74) is 6.97. The van der Waals surface area contributed by atoms with Crippen LogP contribution in [0.2, 0.25) is 0 Å². The second-order valence-electron chi connectivity index (χ2n) is 11.7. The van der Waals surface area contributed by atoms with Crippen molar-refractivity contribution in [2.45, 2.75) is 12.8 Å². The highest BCUT2D eigenvalue weighted by Gasteiger charge is 2.20. The highest BCUT2D eigenvalue weighted by atomic mass is 15.1. The van der Waals surface area contributed by atoms with E-state index in [1.54, 1.807) is 0 Å². The second kappa shape index (κ2) is 12.3. The maximum atomic E-state index is 4.62. The summed E-state index contributed by atoms with van der Waals surface area (Å²) >= 11 is 0. The molecule has 0 aliphatic rings. The van der Waals surface area contributed by atoms with Crippen molar-refractivity contribution in [1.29, 1.82) is 0 Å². The third kappa shape index (κ3) is 5.28. The number of hydrogen-bond donors (Lipinski definition) is 0. The molecule has 0 unspecified atom stereocenters. The highest BCUT2D eigenvalue weighted by Crippen LogP contribution is 2.44. The molecule has 0 radical (unpaired) electrons. The van der Waals surface area contributed by atoms with Gasteiger partial charge in [0.15, 0.2) is 0 Å². The van der Waals surface area contributed by atoms with E-state index >= 15 is 0 Å². The number of pyridine rings is 2. The lowest BCUT2D eigenvalue weighted by atomic mass is 9.92. The van der Waals surface area contributed by atoms with Crippen molar-refractivity contribution in [3.63, 3.8) is 0 Å². The SMILES string of the molecule is c1ccc(N(CCc2ccccn2)c2ccc3ccc4c(N(CCc5ccccn5)c5ccccc5)ccc5ccc2c3c54)cc1. The molecule has 2 heterocycles. The minimum Gasteiger partial charge on any atom is -0.341 e. The minimum atomic E-state index is 0.825. The van der Waals surface area contributed by atoms with E-state index in [-0.39, 0.29) is 0 Å². The number of para-hydroxylation sites is 2. The molecule has 8 rings (SSSR count). The fourth-order valence-electron chi connectivity index (χ4n) is 6.78. The highest BCUT2D eigenvalue weighted by molar-refractivity contribution is 6.27. The third-order valence-electron chi connectivity index (χ3n) is 8.97. The largest absolute Gasteiger partial charge is 0.341 e. The molecule has 8 aromatic rings. The summed E-state index contributed by atoms with van der Waals surface area (Å²) in [6.07, 6.45) is 5.46. The molecule has 0 saturated carbocycles. The Kier molecular flexibility index (Phi) is 7.45. The van der Waals surface area contributed by atoms with Crippen molar-refractivity contribution in [2.24, 2.45) is 0 Å². The van der Waals surface area contributed by atoms with Gasteiger partial charge in [0.05, 0.1) is 0 Å². The van der Waals surface area contributed by atoms with Gasteiger partial charge in [0.2, 0.25) is 0 Å². The van der Waals surface area contributed by atoms with Crippen LogP contribution in [0, 0.1) is 0 Å². The number of hydrogen-bond acceptors (Lipinski definition) is 4. The Morgan fingerprint density at radius 2 is 0.804 bits per heavy atom. The van der Waals surface area contributed by atoms with E-state index in [1.165, 1.54) is 55.1 Å². The first-order chi connectivity index (χ1) is 22.8. The van der Waals surface area contributed by atoms with Gasteiger partial charge in [0.25, 0.3) is 0 Å². The van der Waals surface area contributed by atoms with Gasteiger partial charge in [-0.3, -0.25) is 9.97 Å². The summed E-state index contributed by atoms with van der Waals surface area (Å²) in [6, 6.07) is 52.1. The van der Waals surface area contributed by atoms with Crippen LogP contribution in [0.15, 0.2) is 158 Å². The molecule has 0 aliphatic heterocycles. The number of aromatic nitrogens is 2. The number of rotatable bonds is 10. The van der Waals surface area contributed by atoms with Crippen molar-refractivity contribution in [3.8, 4) is 0 Å². The predicted molar refractivity (Wildman–Crippen MR) is 193 cm³/mol. The van der Waals surface area contributed by atoms with Crippen LogP contribution in [0.4, 0.5) is 22.7 Å². The summed E-state index contributed by atoms with van der Waals surface area (Å²) < 4.78 is 0. The Bertz CT molecular complexity index is 2040. The molecule has 0 bridgehead atoms. The Morgan fingerprint density at radius 1 is 0.391 bits per heavy atom. The molecule has 0 saturated heterocycles. The molecular weight excluding hydrogens is 560 g/mol. The third-order valence-corrected chi connectivity index (χ3v) is 8.97. The molecule has 0 spiro atoms. The predicted octanol–water partition coefficient (Wildman–Crippen LogP) is 10.1. The molecule has 4 nitrogen and oxygen atoms in total. The first-order valence-corrected chi connectivity index (χ1v) is 16.0.